The lowest BCUT2D eigenvalue weighted by Crippen LogP contribution is -2.19. The first-order valence-corrected chi connectivity index (χ1v) is 9.16. The predicted molar refractivity (Wildman–Crippen MR) is 104 cm³/mol. The number of fused-ring (bicyclic) bond motifs is 1. The van der Waals surface area contributed by atoms with Crippen molar-refractivity contribution in [2.24, 2.45) is 0 Å². The molecule has 3 aromatic rings. The summed E-state index contributed by atoms with van der Waals surface area (Å²) in [5.41, 5.74) is 1.38. The molecule has 0 radical (unpaired) electrons. The van der Waals surface area contributed by atoms with Crippen LogP contribution in [0.2, 0.25) is 0 Å². The van der Waals surface area contributed by atoms with Gasteiger partial charge in [-0.3, -0.25) is 14.2 Å². The van der Waals surface area contributed by atoms with Crippen LogP contribution in [0.3, 0.4) is 0 Å². The highest BCUT2D eigenvalue weighted by Gasteiger charge is 2.28. The number of aromatic hydroxyl groups is 1. The summed E-state index contributed by atoms with van der Waals surface area (Å²) in [6, 6.07) is 7.34. The normalized spacial score (nSPS) is 12.4. The number of benzene rings is 2. The van der Waals surface area contributed by atoms with E-state index >= 15 is 0 Å². The molecule has 0 saturated heterocycles. The van der Waals surface area contributed by atoms with Gasteiger partial charge in [0.1, 0.15) is 5.75 Å². The molecule has 1 atom stereocenters. The van der Waals surface area contributed by atoms with E-state index in [1.165, 1.54) is 22.8 Å². The molecule has 7 heteroatoms. The average Bonchev–Trinajstić information content (AvgIpc) is 2.93. The molecule has 0 amide bonds. The Bertz CT molecular complexity index is 1120. The summed E-state index contributed by atoms with van der Waals surface area (Å²) in [6.45, 7) is 6.78. The van der Waals surface area contributed by atoms with Gasteiger partial charge in [0.2, 0.25) is 0 Å². The summed E-state index contributed by atoms with van der Waals surface area (Å²) >= 11 is 0. The summed E-state index contributed by atoms with van der Waals surface area (Å²) in [5, 5.41) is 10.4. The predicted octanol–water partition coefficient (Wildman–Crippen LogP) is 4.68. The van der Waals surface area contributed by atoms with Crippen LogP contribution in [-0.4, -0.2) is 27.7 Å². The third kappa shape index (κ3) is 3.72. The number of hydrogen-bond acceptors (Lipinski definition) is 4. The molecule has 5 nitrogen and oxygen atoms in total. The molecular weight excluding hydrogens is 380 g/mol. The quantitative estimate of drug-likeness (QED) is 0.645. The van der Waals surface area contributed by atoms with Crippen molar-refractivity contribution in [1.29, 1.82) is 0 Å². The molecule has 2 aromatic carbocycles. The van der Waals surface area contributed by atoms with Crippen LogP contribution in [0, 0.1) is 18.6 Å². The van der Waals surface area contributed by atoms with Crippen molar-refractivity contribution >= 4 is 22.8 Å². The lowest BCUT2D eigenvalue weighted by atomic mass is 9.98. The van der Waals surface area contributed by atoms with Crippen molar-refractivity contribution in [2.75, 3.05) is 0 Å². The first-order chi connectivity index (χ1) is 13.6. The molecule has 0 bridgehead atoms. The first kappa shape index (κ1) is 20.5. The monoisotopic (exact) mass is 401 g/mol. The molecule has 0 aliphatic rings. The summed E-state index contributed by atoms with van der Waals surface area (Å²) in [5.74, 6) is -3.96. The third-order valence-electron chi connectivity index (χ3n) is 4.74. The first-order valence-electron chi connectivity index (χ1n) is 9.16. The van der Waals surface area contributed by atoms with Gasteiger partial charge in [0.25, 0.3) is 5.91 Å². The van der Waals surface area contributed by atoms with Gasteiger partial charge in [-0.1, -0.05) is 0 Å². The Kier molecular flexibility index (Phi) is 5.42. The van der Waals surface area contributed by atoms with E-state index in [4.69, 9.17) is 4.74 Å². The number of rotatable bonds is 4. The van der Waals surface area contributed by atoms with E-state index in [1.807, 2.05) is 0 Å². The Morgan fingerprint density at radius 1 is 1.03 bits per heavy atom. The molecule has 1 unspecified atom stereocenters. The van der Waals surface area contributed by atoms with Gasteiger partial charge in [-0.2, -0.15) is 0 Å². The van der Waals surface area contributed by atoms with E-state index in [-0.39, 0.29) is 17.4 Å². The Balaban J connectivity index is 2.20. The average molecular weight is 401 g/mol. The molecular formula is C22H21F2NO4. The van der Waals surface area contributed by atoms with Gasteiger partial charge >= 0.3 is 5.97 Å². The number of nitrogens with zero attached hydrogens (tertiary/aromatic N) is 1. The van der Waals surface area contributed by atoms with Crippen LogP contribution < -0.4 is 0 Å². The van der Waals surface area contributed by atoms with Crippen LogP contribution >= 0.6 is 0 Å². The van der Waals surface area contributed by atoms with Crippen molar-refractivity contribution in [3.8, 4) is 5.75 Å². The van der Waals surface area contributed by atoms with E-state index in [0.717, 1.165) is 12.1 Å². The molecule has 3 rings (SSSR count). The van der Waals surface area contributed by atoms with Crippen LogP contribution in [-0.2, 0) is 9.53 Å². The summed E-state index contributed by atoms with van der Waals surface area (Å²) in [7, 11) is 0. The number of esters is 1. The van der Waals surface area contributed by atoms with Gasteiger partial charge in [0, 0.05) is 16.6 Å². The van der Waals surface area contributed by atoms with Crippen LogP contribution in [0.5, 0.6) is 5.75 Å². The van der Waals surface area contributed by atoms with Crippen LogP contribution in [0.15, 0.2) is 36.4 Å². The molecule has 152 valence electrons. The molecule has 1 heterocycles. The van der Waals surface area contributed by atoms with Crippen molar-refractivity contribution in [2.45, 2.75) is 39.7 Å². The third-order valence-corrected chi connectivity index (χ3v) is 4.74. The Hall–Kier alpha value is -3.22. The minimum atomic E-state index is -1.13. The smallest absolute Gasteiger partial charge is 0.313 e. The zero-order valence-corrected chi connectivity index (χ0v) is 16.5. The molecule has 0 saturated carbocycles. The Morgan fingerprint density at radius 3 is 2.34 bits per heavy atom. The zero-order chi connectivity index (χ0) is 21.5. The molecule has 0 aliphatic carbocycles. The maximum atomic E-state index is 13.7. The highest BCUT2D eigenvalue weighted by Crippen LogP contribution is 2.35. The standard InChI is InChI=1S/C22H21F2NO4/c1-11(2)29-22(28)12(3)20-13(4)25(19-8-6-15(26)10-16(19)20)21(27)14-5-7-17(23)18(24)9-14/h5-12,26H,1-4H3. The van der Waals surface area contributed by atoms with E-state index in [0.29, 0.717) is 22.2 Å². The van der Waals surface area contributed by atoms with Crippen LogP contribution in [0.1, 0.15) is 48.3 Å². The number of halogens is 2. The Labute approximate surface area is 166 Å². The van der Waals surface area contributed by atoms with Gasteiger partial charge in [0.15, 0.2) is 11.6 Å². The van der Waals surface area contributed by atoms with Crippen molar-refractivity contribution in [1.82, 2.24) is 4.57 Å². The molecule has 29 heavy (non-hydrogen) atoms. The topological polar surface area (TPSA) is 68.5 Å². The van der Waals surface area contributed by atoms with E-state index < -0.39 is 29.4 Å². The Morgan fingerprint density at radius 2 is 1.72 bits per heavy atom. The van der Waals surface area contributed by atoms with Crippen LogP contribution in [0.4, 0.5) is 8.78 Å². The lowest BCUT2D eigenvalue weighted by Gasteiger charge is -2.15. The number of phenols is 1. The van der Waals surface area contributed by atoms with Gasteiger partial charge in [-0.05, 0) is 69.7 Å². The molecule has 1 N–H and O–H groups in total. The second kappa shape index (κ2) is 7.66. The van der Waals surface area contributed by atoms with E-state index in [9.17, 15) is 23.5 Å². The highest BCUT2D eigenvalue weighted by molar-refractivity contribution is 6.05. The number of aromatic nitrogens is 1. The second-order valence-electron chi connectivity index (χ2n) is 7.18. The maximum absolute atomic E-state index is 13.7. The SMILES string of the molecule is Cc1c(C(C)C(=O)OC(C)C)c2cc(O)ccc2n1C(=O)c1ccc(F)c(F)c1. The van der Waals surface area contributed by atoms with Gasteiger partial charge in [-0.15, -0.1) is 0 Å². The van der Waals surface area contributed by atoms with Gasteiger partial charge in [0.05, 0.1) is 17.5 Å². The number of carbonyl (C=O) groups is 2. The zero-order valence-electron chi connectivity index (χ0n) is 16.5. The second-order valence-corrected chi connectivity index (χ2v) is 7.18. The number of carbonyl (C=O) groups excluding carboxylic acids is 2. The summed E-state index contributed by atoms with van der Waals surface area (Å²) in [4.78, 5) is 25.6. The molecule has 0 spiro atoms. The van der Waals surface area contributed by atoms with Crippen molar-refractivity contribution in [3.05, 3.63) is 64.9 Å². The number of phenolic OH excluding ortho intramolecular Hbond substituents is 1. The highest BCUT2D eigenvalue weighted by atomic mass is 19.2. The summed E-state index contributed by atoms with van der Waals surface area (Å²) < 4.78 is 33.6. The van der Waals surface area contributed by atoms with E-state index in [1.54, 1.807) is 33.8 Å². The number of ether oxygens (including phenoxy) is 1. The van der Waals surface area contributed by atoms with Crippen molar-refractivity contribution in [3.63, 3.8) is 0 Å². The maximum Gasteiger partial charge on any atom is 0.313 e. The largest absolute Gasteiger partial charge is 0.508 e. The van der Waals surface area contributed by atoms with Crippen molar-refractivity contribution < 1.29 is 28.2 Å². The fourth-order valence-corrected chi connectivity index (χ4v) is 3.45. The molecule has 0 fully saturated rings. The van der Waals surface area contributed by atoms with Gasteiger partial charge in [-0.25, -0.2) is 8.78 Å². The summed E-state index contributed by atoms with van der Waals surface area (Å²) in [6.07, 6.45) is -0.309. The minimum absolute atomic E-state index is 0.0272. The molecule has 1 aromatic heterocycles. The number of hydrogen-bond donors (Lipinski definition) is 1. The molecule has 0 aliphatic heterocycles. The lowest BCUT2D eigenvalue weighted by molar-refractivity contribution is -0.148. The fourth-order valence-electron chi connectivity index (χ4n) is 3.45. The van der Waals surface area contributed by atoms with E-state index in [2.05, 4.69) is 0 Å². The van der Waals surface area contributed by atoms with Gasteiger partial charge < -0.3 is 9.84 Å². The fraction of sp³-hybridized carbons (Fsp3) is 0.273. The minimum Gasteiger partial charge on any atom is -0.508 e. The van der Waals surface area contributed by atoms with Crippen LogP contribution in [0.25, 0.3) is 10.9 Å².